The molecule has 4 heteroatoms. The molecule has 2 N–H and O–H groups in total. The first-order chi connectivity index (χ1) is 8.90. The molecule has 0 radical (unpaired) electrons. The summed E-state index contributed by atoms with van der Waals surface area (Å²) in [6.45, 7) is 3.48. The summed E-state index contributed by atoms with van der Waals surface area (Å²) in [5, 5.41) is 12.0. The Hall–Kier alpha value is -1.26. The summed E-state index contributed by atoms with van der Waals surface area (Å²) in [4.78, 5) is 0. The first kappa shape index (κ1) is 13.2. The van der Waals surface area contributed by atoms with Crippen LogP contribution in [0.15, 0.2) is 18.2 Å². The lowest BCUT2D eigenvalue weighted by Crippen LogP contribution is -2.19. The number of benzene rings is 1. The number of hydrogen-bond acceptors (Lipinski definition) is 4. The van der Waals surface area contributed by atoms with E-state index in [2.05, 4.69) is 17.4 Å². The summed E-state index contributed by atoms with van der Waals surface area (Å²) in [5.74, 6) is 1.71. The second-order valence-corrected chi connectivity index (χ2v) is 4.41. The minimum Gasteiger partial charge on any atom is -0.490 e. The molecule has 0 aliphatic carbocycles. The van der Waals surface area contributed by atoms with Crippen molar-refractivity contribution < 1.29 is 14.6 Å². The summed E-state index contributed by atoms with van der Waals surface area (Å²) < 4.78 is 11.2. The minimum atomic E-state index is 0.247. The fourth-order valence-electron chi connectivity index (χ4n) is 1.92. The summed E-state index contributed by atoms with van der Waals surface area (Å²) in [6.07, 6.45) is 2.70. The van der Waals surface area contributed by atoms with Gasteiger partial charge in [-0.2, -0.15) is 0 Å². The molecule has 1 aromatic carbocycles. The van der Waals surface area contributed by atoms with Gasteiger partial charge < -0.3 is 19.9 Å². The SMILES string of the molecule is OCCCNCCc1ccc2c(c1)OCCCO2. The van der Waals surface area contributed by atoms with E-state index in [1.165, 1.54) is 5.56 Å². The number of fused-ring (bicyclic) bond motifs is 1. The van der Waals surface area contributed by atoms with Crippen molar-refractivity contribution in [2.45, 2.75) is 19.3 Å². The van der Waals surface area contributed by atoms with E-state index in [4.69, 9.17) is 14.6 Å². The molecule has 0 saturated carbocycles. The highest BCUT2D eigenvalue weighted by molar-refractivity contribution is 5.43. The highest BCUT2D eigenvalue weighted by Gasteiger charge is 2.10. The summed E-state index contributed by atoms with van der Waals surface area (Å²) >= 11 is 0. The molecule has 1 aliphatic rings. The van der Waals surface area contributed by atoms with Crippen LogP contribution < -0.4 is 14.8 Å². The summed E-state index contributed by atoms with van der Waals surface area (Å²) in [6, 6.07) is 6.14. The molecule has 18 heavy (non-hydrogen) atoms. The molecule has 0 unspecified atom stereocenters. The fraction of sp³-hybridized carbons (Fsp3) is 0.571. The Labute approximate surface area is 108 Å². The van der Waals surface area contributed by atoms with E-state index in [9.17, 15) is 0 Å². The van der Waals surface area contributed by atoms with Crippen LogP contribution in [-0.2, 0) is 6.42 Å². The lowest BCUT2D eigenvalue weighted by molar-refractivity contribution is 0.286. The van der Waals surface area contributed by atoms with Crippen LogP contribution in [0.2, 0.25) is 0 Å². The Balaban J connectivity index is 1.84. The zero-order chi connectivity index (χ0) is 12.6. The van der Waals surface area contributed by atoms with Gasteiger partial charge in [0.2, 0.25) is 0 Å². The van der Waals surface area contributed by atoms with Gasteiger partial charge in [0.1, 0.15) is 0 Å². The molecule has 4 nitrogen and oxygen atoms in total. The topological polar surface area (TPSA) is 50.7 Å². The number of aliphatic hydroxyl groups is 1. The van der Waals surface area contributed by atoms with Crippen molar-refractivity contribution in [3.8, 4) is 11.5 Å². The minimum absolute atomic E-state index is 0.247. The largest absolute Gasteiger partial charge is 0.490 e. The molecule has 2 rings (SSSR count). The van der Waals surface area contributed by atoms with Gasteiger partial charge in [0, 0.05) is 13.0 Å². The third-order valence-corrected chi connectivity index (χ3v) is 2.91. The second kappa shape index (κ2) is 7.24. The molecular formula is C14H21NO3. The number of aliphatic hydroxyl groups excluding tert-OH is 1. The molecule has 100 valence electrons. The van der Waals surface area contributed by atoms with Gasteiger partial charge in [-0.15, -0.1) is 0 Å². The van der Waals surface area contributed by atoms with E-state index >= 15 is 0 Å². The number of ether oxygens (including phenoxy) is 2. The van der Waals surface area contributed by atoms with Gasteiger partial charge in [-0.3, -0.25) is 0 Å². The zero-order valence-corrected chi connectivity index (χ0v) is 10.7. The van der Waals surface area contributed by atoms with E-state index < -0.39 is 0 Å². The second-order valence-electron chi connectivity index (χ2n) is 4.41. The zero-order valence-electron chi connectivity index (χ0n) is 10.7. The number of nitrogens with one attached hydrogen (secondary N) is 1. The smallest absolute Gasteiger partial charge is 0.161 e. The molecule has 0 amide bonds. The van der Waals surface area contributed by atoms with Gasteiger partial charge in [0.25, 0.3) is 0 Å². The van der Waals surface area contributed by atoms with Crippen LogP contribution in [0.25, 0.3) is 0 Å². The van der Waals surface area contributed by atoms with Crippen LogP contribution in [0.5, 0.6) is 11.5 Å². The van der Waals surface area contributed by atoms with Gasteiger partial charge >= 0.3 is 0 Å². The quantitative estimate of drug-likeness (QED) is 0.750. The van der Waals surface area contributed by atoms with Gasteiger partial charge in [0.05, 0.1) is 13.2 Å². The molecule has 0 saturated heterocycles. The van der Waals surface area contributed by atoms with Crippen LogP contribution in [0, 0.1) is 0 Å². The highest BCUT2D eigenvalue weighted by Crippen LogP contribution is 2.30. The first-order valence-corrected chi connectivity index (χ1v) is 6.60. The molecule has 0 fully saturated rings. The maximum atomic E-state index is 8.67. The Morgan fingerprint density at radius 1 is 1.11 bits per heavy atom. The van der Waals surface area contributed by atoms with Crippen molar-refractivity contribution in [1.29, 1.82) is 0 Å². The lowest BCUT2D eigenvalue weighted by atomic mass is 10.1. The van der Waals surface area contributed by atoms with Crippen LogP contribution in [0.4, 0.5) is 0 Å². The van der Waals surface area contributed by atoms with Crippen molar-refractivity contribution in [2.75, 3.05) is 32.9 Å². The van der Waals surface area contributed by atoms with E-state index in [1.54, 1.807) is 0 Å². The van der Waals surface area contributed by atoms with Crippen molar-refractivity contribution in [3.63, 3.8) is 0 Å². The van der Waals surface area contributed by atoms with Crippen LogP contribution in [-0.4, -0.2) is 38.0 Å². The monoisotopic (exact) mass is 251 g/mol. The van der Waals surface area contributed by atoms with E-state index in [1.807, 2.05) is 6.07 Å². The van der Waals surface area contributed by atoms with Crippen LogP contribution in [0.1, 0.15) is 18.4 Å². The maximum Gasteiger partial charge on any atom is 0.161 e. The maximum absolute atomic E-state index is 8.67. The van der Waals surface area contributed by atoms with Crippen molar-refractivity contribution in [2.24, 2.45) is 0 Å². The Morgan fingerprint density at radius 3 is 2.78 bits per heavy atom. The van der Waals surface area contributed by atoms with Gasteiger partial charge in [-0.05, 0) is 43.6 Å². The Kier molecular flexibility index (Phi) is 5.30. The van der Waals surface area contributed by atoms with Crippen molar-refractivity contribution in [1.82, 2.24) is 5.32 Å². The van der Waals surface area contributed by atoms with E-state index in [-0.39, 0.29) is 6.61 Å². The third-order valence-electron chi connectivity index (χ3n) is 2.91. The summed E-state index contributed by atoms with van der Waals surface area (Å²) in [5.41, 5.74) is 1.25. The molecule has 1 aromatic rings. The average Bonchev–Trinajstić information content (AvgIpc) is 2.63. The van der Waals surface area contributed by atoms with Crippen molar-refractivity contribution >= 4 is 0 Å². The Morgan fingerprint density at radius 2 is 1.94 bits per heavy atom. The predicted molar refractivity (Wildman–Crippen MR) is 70.3 cm³/mol. The lowest BCUT2D eigenvalue weighted by Gasteiger charge is -2.09. The summed E-state index contributed by atoms with van der Waals surface area (Å²) in [7, 11) is 0. The fourth-order valence-corrected chi connectivity index (χ4v) is 1.92. The van der Waals surface area contributed by atoms with Gasteiger partial charge in [0.15, 0.2) is 11.5 Å². The average molecular weight is 251 g/mol. The molecule has 1 heterocycles. The first-order valence-electron chi connectivity index (χ1n) is 6.60. The van der Waals surface area contributed by atoms with E-state index in [0.29, 0.717) is 0 Å². The third kappa shape index (κ3) is 3.89. The number of hydrogen-bond donors (Lipinski definition) is 2. The molecule has 0 bridgehead atoms. The van der Waals surface area contributed by atoms with E-state index in [0.717, 1.165) is 57.1 Å². The molecule has 1 aliphatic heterocycles. The van der Waals surface area contributed by atoms with Gasteiger partial charge in [-0.25, -0.2) is 0 Å². The normalized spacial score (nSPS) is 14.3. The standard InChI is InChI=1S/C14H21NO3/c16-8-1-6-15-7-5-12-3-4-13-14(11-12)18-10-2-9-17-13/h3-4,11,15-16H,1-2,5-10H2. The Bertz CT molecular complexity index is 368. The molecule has 0 spiro atoms. The highest BCUT2D eigenvalue weighted by atomic mass is 16.5. The molecular weight excluding hydrogens is 230 g/mol. The van der Waals surface area contributed by atoms with Gasteiger partial charge in [-0.1, -0.05) is 6.07 Å². The molecule has 0 atom stereocenters. The molecule has 0 aromatic heterocycles. The van der Waals surface area contributed by atoms with Crippen LogP contribution in [0.3, 0.4) is 0 Å². The number of rotatable bonds is 6. The van der Waals surface area contributed by atoms with Crippen LogP contribution >= 0.6 is 0 Å². The van der Waals surface area contributed by atoms with Crippen molar-refractivity contribution in [3.05, 3.63) is 23.8 Å². The predicted octanol–water partition coefficient (Wildman–Crippen LogP) is 1.36.